The number of aromatic nitrogens is 1. The lowest BCUT2D eigenvalue weighted by Crippen LogP contribution is -2.43. The number of aryl methyl sites for hydroxylation is 2. The lowest BCUT2D eigenvalue weighted by Gasteiger charge is -2.32. The van der Waals surface area contributed by atoms with Crippen LogP contribution in [0.4, 0.5) is 0 Å². The molecule has 0 atom stereocenters. The van der Waals surface area contributed by atoms with Crippen molar-refractivity contribution >= 4 is 5.91 Å². The van der Waals surface area contributed by atoms with Crippen LogP contribution in [0.5, 0.6) is 5.75 Å². The minimum atomic E-state index is -0.149. The quantitative estimate of drug-likeness (QED) is 0.859. The van der Waals surface area contributed by atoms with Gasteiger partial charge in [0, 0.05) is 38.2 Å². The van der Waals surface area contributed by atoms with Crippen LogP contribution in [-0.2, 0) is 11.3 Å². The molecule has 5 heteroatoms. The Morgan fingerprint density at radius 2 is 1.88 bits per heavy atom. The van der Waals surface area contributed by atoms with Crippen LogP contribution in [0.25, 0.3) is 0 Å². The molecule has 1 fully saturated rings. The molecular formula is C20H24N2O3. The second kappa shape index (κ2) is 7.55. The minimum Gasteiger partial charge on any atom is -0.490 e. The second-order valence-corrected chi connectivity index (χ2v) is 6.61. The highest BCUT2D eigenvalue weighted by atomic mass is 16.5. The molecule has 132 valence electrons. The molecule has 0 spiro atoms. The van der Waals surface area contributed by atoms with E-state index in [0.717, 1.165) is 18.6 Å². The molecule has 2 heterocycles. The van der Waals surface area contributed by atoms with Crippen LogP contribution in [0.2, 0.25) is 0 Å². The molecule has 0 aliphatic carbocycles. The van der Waals surface area contributed by atoms with E-state index >= 15 is 0 Å². The molecule has 1 saturated heterocycles. The molecular weight excluding hydrogens is 316 g/mol. The van der Waals surface area contributed by atoms with Crippen LogP contribution in [0.3, 0.4) is 0 Å². The fourth-order valence-corrected chi connectivity index (χ4v) is 3.04. The van der Waals surface area contributed by atoms with E-state index in [-0.39, 0.29) is 24.1 Å². The SMILES string of the molecule is Cc1ccc(OC2CCN(C(=O)Cn3ccccc3=O)CC2)cc1C. The molecule has 0 radical (unpaired) electrons. The van der Waals surface area contributed by atoms with Gasteiger partial charge >= 0.3 is 0 Å². The molecule has 1 aromatic carbocycles. The van der Waals surface area contributed by atoms with Gasteiger partial charge in [0.25, 0.3) is 5.56 Å². The summed E-state index contributed by atoms with van der Waals surface area (Å²) in [4.78, 5) is 25.9. The van der Waals surface area contributed by atoms with Crippen molar-refractivity contribution in [3.8, 4) is 5.75 Å². The van der Waals surface area contributed by atoms with Gasteiger partial charge in [-0.15, -0.1) is 0 Å². The Bertz CT molecular complexity index is 805. The molecule has 3 rings (SSSR count). The summed E-state index contributed by atoms with van der Waals surface area (Å²) in [6, 6.07) is 11.0. The van der Waals surface area contributed by atoms with Crippen LogP contribution >= 0.6 is 0 Å². The van der Waals surface area contributed by atoms with Gasteiger partial charge in [0.1, 0.15) is 18.4 Å². The molecule has 25 heavy (non-hydrogen) atoms. The van der Waals surface area contributed by atoms with E-state index in [4.69, 9.17) is 4.74 Å². The number of ether oxygens (including phenoxy) is 1. The third-order valence-corrected chi connectivity index (χ3v) is 4.78. The largest absolute Gasteiger partial charge is 0.490 e. The topological polar surface area (TPSA) is 51.5 Å². The fourth-order valence-electron chi connectivity index (χ4n) is 3.04. The second-order valence-electron chi connectivity index (χ2n) is 6.61. The summed E-state index contributed by atoms with van der Waals surface area (Å²) in [6.07, 6.45) is 3.39. The number of hydrogen-bond donors (Lipinski definition) is 0. The first-order valence-corrected chi connectivity index (χ1v) is 8.70. The van der Waals surface area contributed by atoms with Gasteiger partial charge in [-0.25, -0.2) is 0 Å². The van der Waals surface area contributed by atoms with E-state index in [1.165, 1.54) is 21.8 Å². The maximum Gasteiger partial charge on any atom is 0.250 e. The number of piperidine rings is 1. The van der Waals surface area contributed by atoms with Crippen molar-refractivity contribution in [2.45, 2.75) is 39.3 Å². The van der Waals surface area contributed by atoms with Gasteiger partial charge in [0.2, 0.25) is 5.91 Å². The molecule has 5 nitrogen and oxygen atoms in total. The fraction of sp³-hybridized carbons (Fsp3) is 0.400. The van der Waals surface area contributed by atoms with Crippen molar-refractivity contribution in [2.75, 3.05) is 13.1 Å². The number of nitrogens with zero attached hydrogens (tertiary/aromatic N) is 2. The maximum absolute atomic E-state index is 12.4. The van der Waals surface area contributed by atoms with E-state index in [0.29, 0.717) is 13.1 Å². The standard InChI is InChI=1S/C20H24N2O3/c1-15-6-7-18(13-16(15)2)25-17-8-11-21(12-9-17)20(24)14-22-10-4-3-5-19(22)23/h3-7,10,13,17H,8-9,11-12,14H2,1-2H3. The summed E-state index contributed by atoms with van der Waals surface area (Å²) in [7, 11) is 0. The van der Waals surface area contributed by atoms with E-state index in [9.17, 15) is 9.59 Å². The Kier molecular flexibility index (Phi) is 5.22. The number of carbonyl (C=O) groups excluding carboxylic acids is 1. The van der Waals surface area contributed by atoms with E-state index in [1.54, 1.807) is 18.3 Å². The van der Waals surface area contributed by atoms with Gasteiger partial charge in [0.05, 0.1) is 0 Å². The third-order valence-electron chi connectivity index (χ3n) is 4.78. The van der Waals surface area contributed by atoms with Gasteiger partial charge in [-0.3, -0.25) is 9.59 Å². The molecule has 0 saturated carbocycles. The van der Waals surface area contributed by atoms with Crippen molar-refractivity contribution in [1.82, 2.24) is 9.47 Å². The van der Waals surface area contributed by atoms with Gasteiger partial charge in [-0.1, -0.05) is 12.1 Å². The number of rotatable bonds is 4. The highest BCUT2D eigenvalue weighted by Gasteiger charge is 2.24. The molecule has 0 bridgehead atoms. The Morgan fingerprint density at radius 3 is 2.56 bits per heavy atom. The first-order chi connectivity index (χ1) is 12.0. The Labute approximate surface area is 147 Å². The predicted octanol–water partition coefficient (Wildman–Crippen LogP) is 2.54. The summed E-state index contributed by atoms with van der Waals surface area (Å²) in [5.74, 6) is 0.877. The molecule has 1 amide bonds. The summed E-state index contributed by atoms with van der Waals surface area (Å²) < 4.78 is 7.51. The van der Waals surface area contributed by atoms with Crippen LogP contribution in [-0.4, -0.2) is 34.6 Å². The van der Waals surface area contributed by atoms with Crippen molar-refractivity contribution < 1.29 is 9.53 Å². The monoisotopic (exact) mass is 340 g/mol. The highest BCUT2D eigenvalue weighted by molar-refractivity contribution is 5.76. The molecule has 1 aliphatic heterocycles. The number of amides is 1. The first kappa shape index (κ1) is 17.3. The number of pyridine rings is 1. The Hall–Kier alpha value is -2.56. The number of hydrogen-bond acceptors (Lipinski definition) is 3. The Morgan fingerprint density at radius 1 is 1.12 bits per heavy atom. The highest BCUT2D eigenvalue weighted by Crippen LogP contribution is 2.21. The maximum atomic E-state index is 12.4. The van der Waals surface area contributed by atoms with Crippen molar-refractivity contribution in [3.05, 3.63) is 64.1 Å². The molecule has 0 N–H and O–H groups in total. The molecule has 1 aromatic heterocycles. The first-order valence-electron chi connectivity index (χ1n) is 8.70. The van der Waals surface area contributed by atoms with Gasteiger partial charge in [0.15, 0.2) is 0 Å². The lowest BCUT2D eigenvalue weighted by molar-refractivity contribution is -0.133. The average molecular weight is 340 g/mol. The third kappa shape index (κ3) is 4.29. The van der Waals surface area contributed by atoms with Crippen LogP contribution in [0.15, 0.2) is 47.4 Å². The lowest BCUT2D eigenvalue weighted by atomic mass is 10.1. The predicted molar refractivity (Wildman–Crippen MR) is 96.8 cm³/mol. The van der Waals surface area contributed by atoms with Crippen molar-refractivity contribution in [3.63, 3.8) is 0 Å². The van der Waals surface area contributed by atoms with E-state index < -0.39 is 0 Å². The van der Waals surface area contributed by atoms with Crippen molar-refractivity contribution in [2.24, 2.45) is 0 Å². The van der Waals surface area contributed by atoms with Crippen molar-refractivity contribution in [1.29, 1.82) is 0 Å². The molecule has 1 aliphatic rings. The zero-order chi connectivity index (χ0) is 17.8. The molecule has 0 unspecified atom stereocenters. The van der Waals surface area contributed by atoms with Crippen LogP contribution < -0.4 is 10.3 Å². The minimum absolute atomic E-state index is 0.0158. The summed E-state index contributed by atoms with van der Waals surface area (Å²) in [5.41, 5.74) is 2.33. The van der Waals surface area contributed by atoms with Crippen LogP contribution in [0, 0.1) is 13.8 Å². The normalized spacial score (nSPS) is 15.2. The summed E-state index contributed by atoms with van der Waals surface area (Å²) >= 11 is 0. The molecule has 2 aromatic rings. The number of carbonyl (C=O) groups is 1. The van der Waals surface area contributed by atoms with E-state index in [2.05, 4.69) is 26.0 Å². The summed E-state index contributed by atoms with van der Waals surface area (Å²) in [5, 5.41) is 0. The Balaban J connectivity index is 1.53. The summed E-state index contributed by atoms with van der Waals surface area (Å²) in [6.45, 7) is 5.59. The van der Waals surface area contributed by atoms with Gasteiger partial charge < -0.3 is 14.2 Å². The smallest absolute Gasteiger partial charge is 0.250 e. The van der Waals surface area contributed by atoms with E-state index in [1.807, 2.05) is 11.0 Å². The zero-order valence-electron chi connectivity index (χ0n) is 14.8. The van der Waals surface area contributed by atoms with Gasteiger partial charge in [-0.2, -0.15) is 0 Å². The average Bonchev–Trinajstić information content (AvgIpc) is 2.61. The number of likely N-dealkylation sites (tertiary alicyclic amines) is 1. The van der Waals surface area contributed by atoms with Gasteiger partial charge in [-0.05, 0) is 43.2 Å². The number of benzene rings is 1. The van der Waals surface area contributed by atoms with Crippen LogP contribution in [0.1, 0.15) is 24.0 Å². The zero-order valence-corrected chi connectivity index (χ0v) is 14.8.